The number of carbonyl (C=O) groups excluding carboxylic acids is 1. The van der Waals surface area contributed by atoms with Crippen LogP contribution < -0.4 is 5.32 Å². The van der Waals surface area contributed by atoms with Crippen LogP contribution in [0.15, 0.2) is 42.5 Å². The van der Waals surface area contributed by atoms with E-state index >= 15 is 0 Å². The Hall–Kier alpha value is -1.91. The standard InChI is InChI=1S/C18H22N2O2/c1-13(20-10-8-17(21)9-11-20)18(22)19-16-7-6-14-4-2-3-5-15(14)12-16/h2-7,12-13,17,21H,8-11H2,1H3,(H,19,22). The third-order valence-electron chi connectivity index (χ3n) is 4.44. The van der Waals surface area contributed by atoms with Crippen LogP contribution in [0.1, 0.15) is 19.8 Å². The van der Waals surface area contributed by atoms with Gasteiger partial charge in [0.1, 0.15) is 0 Å². The molecule has 1 atom stereocenters. The number of carbonyl (C=O) groups is 1. The second kappa shape index (κ2) is 6.46. The van der Waals surface area contributed by atoms with Gasteiger partial charge in [0.2, 0.25) is 5.91 Å². The monoisotopic (exact) mass is 298 g/mol. The molecule has 2 aromatic rings. The topological polar surface area (TPSA) is 52.6 Å². The van der Waals surface area contributed by atoms with Crippen LogP contribution in [0.2, 0.25) is 0 Å². The number of aliphatic hydroxyl groups excluding tert-OH is 1. The SMILES string of the molecule is CC(C(=O)Nc1ccc2ccccc2c1)N1CCC(O)CC1. The van der Waals surface area contributed by atoms with Crippen molar-refractivity contribution in [3.05, 3.63) is 42.5 Å². The number of hydrogen-bond donors (Lipinski definition) is 2. The number of benzene rings is 2. The average Bonchev–Trinajstić information content (AvgIpc) is 2.55. The molecular weight excluding hydrogens is 276 g/mol. The predicted octanol–water partition coefficient (Wildman–Crippen LogP) is 2.62. The molecule has 1 amide bonds. The Balaban J connectivity index is 1.67. The van der Waals surface area contributed by atoms with Crippen LogP contribution in [0.25, 0.3) is 10.8 Å². The van der Waals surface area contributed by atoms with Crippen LogP contribution in [0, 0.1) is 0 Å². The fraction of sp³-hybridized carbons (Fsp3) is 0.389. The van der Waals surface area contributed by atoms with Gasteiger partial charge in [-0.2, -0.15) is 0 Å². The zero-order valence-electron chi connectivity index (χ0n) is 12.8. The largest absolute Gasteiger partial charge is 0.393 e. The van der Waals surface area contributed by atoms with E-state index in [4.69, 9.17) is 0 Å². The van der Waals surface area contributed by atoms with Gasteiger partial charge in [-0.1, -0.05) is 30.3 Å². The Labute approximate surface area is 130 Å². The van der Waals surface area contributed by atoms with Crippen molar-refractivity contribution in [2.45, 2.75) is 31.9 Å². The number of rotatable bonds is 3. The molecule has 1 aliphatic rings. The van der Waals surface area contributed by atoms with Crippen LogP contribution in [-0.2, 0) is 4.79 Å². The van der Waals surface area contributed by atoms with E-state index in [-0.39, 0.29) is 18.1 Å². The Bertz CT molecular complexity index is 663. The van der Waals surface area contributed by atoms with Crippen molar-refractivity contribution in [3.63, 3.8) is 0 Å². The lowest BCUT2D eigenvalue weighted by molar-refractivity contribution is -0.121. The van der Waals surface area contributed by atoms with Crippen molar-refractivity contribution in [1.29, 1.82) is 0 Å². The van der Waals surface area contributed by atoms with Crippen LogP contribution in [0.5, 0.6) is 0 Å². The van der Waals surface area contributed by atoms with Gasteiger partial charge in [0, 0.05) is 18.8 Å². The molecule has 0 saturated carbocycles. The molecule has 0 aliphatic carbocycles. The van der Waals surface area contributed by atoms with E-state index in [0.717, 1.165) is 37.0 Å². The first-order valence-corrected chi connectivity index (χ1v) is 7.85. The number of hydrogen-bond acceptors (Lipinski definition) is 3. The summed E-state index contributed by atoms with van der Waals surface area (Å²) in [5.41, 5.74) is 0.826. The number of piperidine rings is 1. The molecule has 1 unspecified atom stereocenters. The van der Waals surface area contributed by atoms with Crippen molar-refractivity contribution < 1.29 is 9.90 Å². The lowest BCUT2D eigenvalue weighted by Crippen LogP contribution is -2.47. The van der Waals surface area contributed by atoms with Crippen LogP contribution >= 0.6 is 0 Å². The molecule has 0 radical (unpaired) electrons. The molecule has 3 rings (SSSR count). The molecule has 0 bridgehead atoms. The summed E-state index contributed by atoms with van der Waals surface area (Å²) in [6, 6.07) is 13.9. The third-order valence-corrected chi connectivity index (χ3v) is 4.44. The van der Waals surface area contributed by atoms with Gasteiger partial charge in [0.15, 0.2) is 0 Å². The highest BCUT2D eigenvalue weighted by Crippen LogP contribution is 2.20. The van der Waals surface area contributed by atoms with Gasteiger partial charge >= 0.3 is 0 Å². The smallest absolute Gasteiger partial charge is 0.241 e. The third kappa shape index (κ3) is 3.29. The van der Waals surface area contributed by atoms with E-state index in [1.54, 1.807) is 0 Å². The van der Waals surface area contributed by atoms with E-state index in [0.29, 0.717) is 0 Å². The van der Waals surface area contributed by atoms with Gasteiger partial charge in [-0.05, 0) is 42.7 Å². The summed E-state index contributed by atoms with van der Waals surface area (Å²) < 4.78 is 0. The zero-order chi connectivity index (χ0) is 15.5. The summed E-state index contributed by atoms with van der Waals surface area (Å²) in [6.07, 6.45) is 1.27. The molecule has 4 heteroatoms. The van der Waals surface area contributed by atoms with Gasteiger partial charge in [0.05, 0.1) is 12.1 Å². The number of likely N-dealkylation sites (tertiary alicyclic amines) is 1. The summed E-state index contributed by atoms with van der Waals surface area (Å²) in [5.74, 6) is 0.00618. The normalized spacial score (nSPS) is 18.3. The molecule has 1 aliphatic heterocycles. The van der Waals surface area contributed by atoms with Crippen LogP contribution in [0.4, 0.5) is 5.69 Å². The summed E-state index contributed by atoms with van der Waals surface area (Å²) >= 11 is 0. The number of aliphatic hydroxyl groups is 1. The number of anilines is 1. The number of nitrogens with zero attached hydrogens (tertiary/aromatic N) is 1. The first kappa shape index (κ1) is 15.0. The van der Waals surface area contributed by atoms with Crippen molar-refractivity contribution >= 4 is 22.4 Å². The lowest BCUT2D eigenvalue weighted by Gasteiger charge is -2.33. The molecule has 2 N–H and O–H groups in total. The molecule has 116 valence electrons. The summed E-state index contributed by atoms with van der Waals surface area (Å²) in [5, 5.41) is 14.8. The molecule has 22 heavy (non-hydrogen) atoms. The van der Waals surface area contributed by atoms with E-state index in [9.17, 15) is 9.90 Å². The molecule has 1 fully saturated rings. The van der Waals surface area contributed by atoms with Crippen molar-refractivity contribution in [1.82, 2.24) is 4.90 Å². The maximum absolute atomic E-state index is 12.4. The molecule has 0 spiro atoms. The number of nitrogens with one attached hydrogen (secondary N) is 1. The van der Waals surface area contributed by atoms with Gasteiger partial charge < -0.3 is 10.4 Å². The van der Waals surface area contributed by atoms with E-state index in [1.165, 1.54) is 5.39 Å². The lowest BCUT2D eigenvalue weighted by atomic mass is 10.1. The molecule has 0 aromatic heterocycles. The minimum atomic E-state index is -0.216. The quantitative estimate of drug-likeness (QED) is 0.916. The minimum Gasteiger partial charge on any atom is -0.393 e. The fourth-order valence-electron chi connectivity index (χ4n) is 2.95. The van der Waals surface area contributed by atoms with Crippen molar-refractivity contribution in [2.75, 3.05) is 18.4 Å². The Kier molecular flexibility index (Phi) is 4.41. The van der Waals surface area contributed by atoms with E-state index in [2.05, 4.69) is 16.3 Å². The Morgan fingerprint density at radius 3 is 2.59 bits per heavy atom. The second-order valence-corrected chi connectivity index (χ2v) is 5.99. The van der Waals surface area contributed by atoms with Crippen molar-refractivity contribution in [2.24, 2.45) is 0 Å². The summed E-state index contributed by atoms with van der Waals surface area (Å²) in [4.78, 5) is 14.5. The summed E-state index contributed by atoms with van der Waals surface area (Å²) in [6.45, 7) is 3.47. The first-order chi connectivity index (χ1) is 10.6. The molecule has 2 aromatic carbocycles. The van der Waals surface area contributed by atoms with Crippen LogP contribution in [0.3, 0.4) is 0 Å². The maximum atomic E-state index is 12.4. The van der Waals surface area contributed by atoms with Gasteiger partial charge in [-0.15, -0.1) is 0 Å². The highest BCUT2D eigenvalue weighted by molar-refractivity contribution is 5.97. The second-order valence-electron chi connectivity index (χ2n) is 5.99. The predicted molar refractivity (Wildman–Crippen MR) is 88.9 cm³/mol. The van der Waals surface area contributed by atoms with Gasteiger partial charge in [0.25, 0.3) is 0 Å². The minimum absolute atomic E-state index is 0.00618. The zero-order valence-corrected chi connectivity index (χ0v) is 12.8. The average molecular weight is 298 g/mol. The van der Waals surface area contributed by atoms with E-state index < -0.39 is 0 Å². The van der Waals surface area contributed by atoms with E-state index in [1.807, 2.05) is 43.3 Å². The molecule has 1 saturated heterocycles. The van der Waals surface area contributed by atoms with Crippen molar-refractivity contribution in [3.8, 4) is 0 Å². The Morgan fingerprint density at radius 1 is 1.18 bits per heavy atom. The number of amides is 1. The molecule has 4 nitrogen and oxygen atoms in total. The maximum Gasteiger partial charge on any atom is 0.241 e. The highest BCUT2D eigenvalue weighted by Gasteiger charge is 2.25. The highest BCUT2D eigenvalue weighted by atomic mass is 16.3. The number of fused-ring (bicyclic) bond motifs is 1. The first-order valence-electron chi connectivity index (χ1n) is 7.85. The summed E-state index contributed by atoms with van der Waals surface area (Å²) in [7, 11) is 0. The Morgan fingerprint density at radius 2 is 1.86 bits per heavy atom. The molecular formula is C18H22N2O2. The van der Waals surface area contributed by atoms with Crippen LogP contribution in [-0.4, -0.2) is 41.1 Å². The van der Waals surface area contributed by atoms with Gasteiger partial charge in [-0.3, -0.25) is 9.69 Å². The molecule has 1 heterocycles. The van der Waals surface area contributed by atoms with Gasteiger partial charge in [-0.25, -0.2) is 0 Å². The fourth-order valence-corrected chi connectivity index (χ4v) is 2.95.